The van der Waals surface area contributed by atoms with Crippen LogP contribution in [0.2, 0.25) is 0 Å². The van der Waals surface area contributed by atoms with Crippen LogP contribution in [0, 0.1) is 5.41 Å². The molecular weight excluding hydrogens is 304 g/mol. The Kier molecular flexibility index (Phi) is 3.84. The van der Waals surface area contributed by atoms with Crippen molar-refractivity contribution in [1.29, 1.82) is 0 Å². The highest BCUT2D eigenvalue weighted by molar-refractivity contribution is 7.91. The highest BCUT2D eigenvalue weighted by atomic mass is 32.2. The molecule has 2 saturated heterocycles. The molecule has 1 aromatic rings. The van der Waals surface area contributed by atoms with E-state index in [-0.39, 0.29) is 11.1 Å². The Hall–Kier alpha value is -1.63. The van der Waals surface area contributed by atoms with Crippen LogP contribution in [0.3, 0.4) is 0 Å². The molecule has 0 unspecified atom stereocenters. The van der Waals surface area contributed by atoms with Crippen molar-refractivity contribution in [2.45, 2.75) is 25.7 Å². The van der Waals surface area contributed by atoms with E-state index in [1.54, 1.807) is 6.07 Å². The average Bonchev–Trinajstić information content (AvgIpc) is 2.52. The zero-order valence-corrected chi connectivity index (χ0v) is 13.2. The lowest BCUT2D eigenvalue weighted by molar-refractivity contribution is 0.0690. The first-order valence-corrected chi connectivity index (χ1v) is 9.37. The maximum atomic E-state index is 11.6. The Bertz CT molecular complexity index is 663. The van der Waals surface area contributed by atoms with E-state index in [0.29, 0.717) is 17.3 Å². The number of sulfone groups is 1. The first kappa shape index (κ1) is 15.3. The summed E-state index contributed by atoms with van der Waals surface area (Å²) in [5.41, 5.74) is 0.202. The molecule has 2 aliphatic rings. The van der Waals surface area contributed by atoms with E-state index >= 15 is 0 Å². The van der Waals surface area contributed by atoms with Crippen LogP contribution in [0.25, 0.3) is 0 Å². The number of carboxylic acids is 1. The van der Waals surface area contributed by atoms with Crippen molar-refractivity contribution in [3.8, 4) is 0 Å². The second-order valence-electron chi connectivity index (χ2n) is 6.33. The van der Waals surface area contributed by atoms with E-state index in [2.05, 4.69) is 9.88 Å². The lowest BCUT2D eigenvalue weighted by Gasteiger charge is -2.44. The van der Waals surface area contributed by atoms with Gasteiger partial charge >= 0.3 is 5.97 Å². The Morgan fingerprint density at radius 3 is 2.36 bits per heavy atom. The normalized spacial score (nSPS) is 23.4. The summed E-state index contributed by atoms with van der Waals surface area (Å²) < 4.78 is 23.2. The molecule has 6 nitrogen and oxygen atoms in total. The molecule has 3 heterocycles. The third-order valence-corrected chi connectivity index (χ3v) is 6.64. The van der Waals surface area contributed by atoms with Gasteiger partial charge in [-0.2, -0.15) is 0 Å². The molecule has 7 heteroatoms. The van der Waals surface area contributed by atoms with Gasteiger partial charge in [-0.25, -0.2) is 18.2 Å². The van der Waals surface area contributed by atoms with Crippen molar-refractivity contribution in [1.82, 2.24) is 4.98 Å². The second kappa shape index (κ2) is 5.53. The number of carboxylic acid groups (broad SMARTS) is 1. The number of hydrogen-bond acceptors (Lipinski definition) is 5. The van der Waals surface area contributed by atoms with E-state index in [1.807, 2.05) is 6.07 Å². The van der Waals surface area contributed by atoms with Crippen LogP contribution >= 0.6 is 0 Å². The monoisotopic (exact) mass is 324 g/mol. The van der Waals surface area contributed by atoms with Gasteiger partial charge in [0.25, 0.3) is 0 Å². The van der Waals surface area contributed by atoms with E-state index in [1.165, 1.54) is 6.07 Å². The number of pyridine rings is 1. The Labute approximate surface area is 130 Å². The van der Waals surface area contributed by atoms with Crippen molar-refractivity contribution in [2.75, 3.05) is 29.5 Å². The third-order valence-electron chi connectivity index (χ3n) is 4.99. The molecule has 1 N–H and O–H groups in total. The highest BCUT2D eigenvalue weighted by Gasteiger charge is 2.39. The van der Waals surface area contributed by atoms with Crippen molar-refractivity contribution in [3.05, 3.63) is 23.9 Å². The average molecular weight is 324 g/mol. The fourth-order valence-electron chi connectivity index (χ4n) is 3.40. The van der Waals surface area contributed by atoms with Gasteiger partial charge in [-0.3, -0.25) is 0 Å². The van der Waals surface area contributed by atoms with Crippen LogP contribution in [0.15, 0.2) is 18.2 Å². The number of aromatic carboxylic acids is 1. The molecule has 3 rings (SSSR count). The fraction of sp³-hybridized carbons (Fsp3) is 0.600. The number of nitrogens with zero attached hydrogens (tertiary/aromatic N) is 2. The predicted molar refractivity (Wildman–Crippen MR) is 83.0 cm³/mol. The molecule has 22 heavy (non-hydrogen) atoms. The van der Waals surface area contributed by atoms with E-state index in [4.69, 9.17) is 5.11 Å². The number of aromatic nitrogens is 1. The quantitative estimate of drug-likeness (QED) is 0.888. The maximum absolute atomic E-state index is 11.6. The number of rotatable bonds is 2. The number of anilines is 1. The van der Waals surface area contributed by atoms with Gasteiger partial charge in [0, 0.05) is 13.1 Å². The van der Waals surface area contributed by atoms with Crippen LogP contribution in [-0.4, -0.2) is 49.1 Å². The molecule has 2 fully saturated rings. The third kappa shape index (κ3) is 3.09. The largest absolute Gasteiger partial charge is 0.477 e. The molecule has 1 spiro atoms. The van der Waals surface area contributed by atoms with Gasteiger partial charge in [-0.15, -0.1) is 0 Å². The van der Waals surface area contributed by atoms with Gasteiger partial charge in [-0.1, -0.05) is 6.07 Å². The summed E-state index contributed by atoms with van der Waals surface area (Å²) in [7, 11) is -2.83. The molecular formula is C15H20N2O4S. The summed E-state index contributed by atoms with van der Waals surface area (Å²) in [4.78, 5) is 17.3. The minimum Gasteiger partial charge on any atom is -0.477 e. The molecule has 2 aliphatic heterocycles. The zero-order valence-electron chi connectivity index (χ0n) is 12.4. The van der Waals surface area contributed by atoms with Gasteiger partial charge in [0.1, 0.15) is 15.7 Å². The molecule has 0 bridgehead atoms. The fourth-order valence-corrected chi connectivity index (χ4v) is 5.09. The second-order valence-corrected chi connectivity index (χ2v) is 8.63. The Morgan fingerprint density at radius 1 is 1.14 bits per heavy atom. The van der Waals surface area contributed by atoms with Crippen LogP contribution in [0.5, 0.6) is 0 Å². The first-order chi connectivity index (χ1) is 10.4. The molecule has 0 radical (unpaired) electrons. The summed E-state index contributed by atoms with van der Waals surface area (Å²) >= 11 is 0. The molecule has 0 aromatic carbocycles. The van der Waals surface area contributed by atoms with Gasteiger partial charge in [0.05, 0.1) is 11.5 Å². The van der Waals surface area contributed by atoms with Crippen molar-refractivity contribution in [2.24, 2.45) is 5.41 Å². The van der Waals surface area contributed by atoms with Crippen LogP contribution in [0.1, 0.15) is 36.2 Å². The summed E-state index contributed by atoms with van der Waals surface area (Å²) in [6, 6.07) is 5.03. The summed E-state index contributed by atoms with van der Waals surface area (Å²) in [6.45, 7) is 1.60. The SMILES string of the molecule is O=C(O)c1cccc(N2CCC3(CC2)CCS(=O)(=O)CC3)n1. The molecule has 0 aliphatic carbocycles. The summed E-state index contributed by atoms with van der Waals surface area (Å²) in [5.74, 6) is 0.283. The minimum absolute atomic E-state index is 0.0570. The van der Waals surface area contributed by atoms with Gasteiger partial charge in [0.2, 0.25) is 0 Å². The molecule has 0 amide bonds. The van der Waals surface area contributed by atoms with Crippen molar-refractivity contribution < 1.29 is 18.3 Å². The lowest BCUT2D eigenvalue weighted by atomic mass is 9.74. The van der Waals surface area contributed by atoms with Crippen LogP contribution in [0.4, 0.5) is 5.82 Å². The molecule has 0 saturated carbocycles. The Morgan fingerprint density at radius 2 is 1.77 bits per heavy atom. The van der Waals surface area contributed by atoms with Crippen molar-refractivity contribution >= 4 is 21.6 Å². The van der Waals surface area contributed by atoms with Crippen LogP contribution < -0.4 is 4.90 Å². The van der Waals surface area contributed by atoms with Crippen LogP contribution in [-0.2, 0) is 9.84 Å². The maximum Gasteiger partial charge on any atom is 0.354 e. The number of hydrogen-bond donors (Lipinski definition) is 1. The molecule has 120 valence electrons. The van der Waals surface area contributed by atoms with Crippen molar-refractivity contribution in [3.63, 3.8) is 0 Å². The van der Waals surface area contributed by atoms with Gasteiger partial charge in [-0.05, 0) is 43.2 Å². The Balaban J connectivity index is 1.67. The summed E-state index contributed by atoms with van der Waals surface area (Å²) in [6.07, 6.45) is 3.40. The topological polar surface area (TPSA) is 87.6 Å². The summed E-state index contributed by atoms with van der Waals surface area (Å²) in [5, 5.41) is 9.02. The molecule has 1 aromatic heterocycles. The minimum atomic E-state index is -2.83. The van der Waals surface area contributed by atoms with Gasteiger partial charge in [0.15, 0.2) is 5.69 Å². The number of piperidine rings is 1. The standard InChI is InChI=1S/C15H20N2O4S/c18-14(19)12-2-1-3-13(16-12)17-8-4-15(5-9-17)6-10-22(20,21)11-7-15/h1-3H,4-11H2,(H,18,19). The zero-order chi connectivity index (χ0) is 15.8. The predicted octanol–water partition coefficient (Wildman–Crippen LogP) is 1.57. The number of carbonyl (C=O) groups is 1. The van der Waals surface area contributed by atoms with E-state index in [9.17, 15) is 13.2 Å². The molecule has 0 atom stereocenters. The first-order valence-electron chi connectivity index (χ1n) is 7.55. The van der Waals surface area contributed by atoms with Gasteiger partial charge < -0.3 is 10.0 Å². The van der Waals surface area contributed by atoms with E-state index in [0.717, 1.165) is 38.8 Å². The lowest BCUT2D eigenvalue weighted by Crippen LogP contribution is -2.44. The van der Waals surface area contributed by atoms with E-state index < -0.39 is 15.8 Å². The smallest absolute Gasteiger partial charge is 0.354 e. The highest BCUT2D eigenvalue weighted by Crippen LogP contribution is 2.42.